The number of halogens is 2. The predicted octanol–water partition coefficient (Wildman–Crippen LogP) is 2.34. The molecule has 7 heteroatoms. The summed E-state index contributed by atoms with van der Waals surface area (Å²) in [4.78, 5) is 16.3. The van der Waals surface area contributed by atoms with Crippen LogP contribution >= 0.6 is 0 Å². The molecule has 144 valence electrons. The molecule has 2 amide bonds. The van der Waals surface area contributed by atoms with E-state index in [1.807, 2.05) is 11.8 Å². The van der Waals surface area contributed by atoms with E-state index in [0.717, 1.165) is 25.8 Å². The lowest BCUT2D eigenvalue weighted by atomic mass is 10.0. The van der Waals surface area contributed by atoms with Crippen molar-refractivity contribution in [2.45, 2.75) is 44.8 Å². The van der Waals surface area contributed by atoms with Crippen molar-refractivity contribution in [1.29, 1.82) is 0 Å². The number of aliphatic hydroxyl groups is 1. The molecule has 2 N–H and O–H groups in total. The quantitative estimate of drug-likeness (QED) is 0.859. The van der Waals surface area contributed by atoms with Crippen molar-refractivity contribution in [2.24, 2.45) is 5.92 Å². The molecule has 3 unspecified atom stereocenters. The van der Waals surface area contributed by atoms with Crippen LogP contribution in [0.3, 0.4) is 0 Å². The molecule has 26 heavy (non-hydrogen) atoms. The van der Waals surface area contributed by atoms with Crippen LogP contribution in [0.5, 0.6) is 0 Å². The van der Waals surface area contributed by atoms with Gasteiger partial charge in [0, 0.05) is 31.2 Å². The molecule has 0 aliphatic carbocycles. The van der Waals surface area contributed by atoms with Gasteiger partial charge in [0.2, 0.25) is 0 Å². The minimum Gasteiger partial charge on any atom is -0.394 e. The Hall–Kier alpha value is -1.73. The molecule has 0 bridgehead atoms. The second-order valence-electron chi connectivity index (χ2n) is 7.43. The first-order valence-corrected chi connectivity index (χ1v) is 9.32. The van der Waals surface area contributed by atoms with Crippen molar-refractivity contribution in [2.75, 3.05) is 26.2 Å². The maximum absolute atomic E-state index is 13.9. The zero-order chi connectivity index (χ0) is 18.7. The second kappa shape index (κ2) is 8.31. The lowest BCUT2D eigenvalue weighted by molar-refractivity contribution is 0.132. The first-order chi connectivity index (χ1) is 12.5. The SMILES string of the molecule is CC1CCN(C(=O)NC2CCCN(Cc3c(F)cccc3F)C2)C1CO. The molecular weight excluding hydrogens is 340 g/mol. The number of carbonyl (C=O) groups is 1. The second-order valence-corrected chi connectivity index (χ2v) is 7.43. The largest absolute Gasteiger partial charge is 0.394 e. The molecule has 3 atom stereocenters. The van der Waals surface area contributed by atoms with E-state index >= 15 is 0 Å². The molecule has 0 aromatic heterocycles. The average molecular weight is 367 g/mol. The van der Waals surface area contributed by atoms with E-state index in [4.69, 9.17) is 0 Å². The fraction of sp³-hybridized carbons (Fsp3) is 0.632. The van der Waals surface area contributed by atoms with Gasteiger partial charge < -0.3 is 15.3 Å². The van der Waals surface area contributed by atoms with E-state index in [9.17, 15) is 18.7 Å². The Morgan fingerprint density at radius 2 is 2.00 bits per heavy atom. The number of benzene rings is 1. The van der Waals surface area contributed by atoms with Crippen molar-refractivity contribution < 1.29 is 18.7 Å². The highest BCUT2D eigenvalue weighted by Crippen LogP contribution is 2.24. The third-order valence-electron chi connectivity index (χ3n) is 5.61. The van der Waals surface area contributed by atoms with Crippen LogP contribution in [0, 0.1) is 17.6 Å². The summed E-state index contributed by atoms with van der Waals surface area (Å²) in [7, 11) is 0. The van der Waals surface area contributed by atoms with Gasteiger partial charge in [0.1, 0.15) is 11.6 Å². The third-order valence-corrected chi connectivity index (χ3v) is 5.61. The van der Waals surface area contributed by atoms with E-state index < -0.39 is 11.6 Å². The lowest BCUT2D eigenvalue weighted by Gasteiger charge is -2.35. The number of carbonyl (C=O) groups excluding carboxylic acids is 1. The molecule has 2 aliphatic rings. The molecule has 5 nitrogen and oxygen atoms in total. The molecule has 0 saturated carbocycles. The summed E-state index contributed by atoms with van der Waals surface area (Å²) < 4.78 is 27.7. The van der Waals surface area contributed by atoms with Gasteiger partial charge in [-0.2, -0.15) is 0 Å². The normalized spacial score (nSPS) is 26.9. The maximum atomic E-state index is 13.9. The minimum atomic E-state index is -0.534. The predicted molar refractivity (Wildman–Crippen MR) is 94.5 cm³/mol. The summed E-state index contributed by atoms with van der Waals surface area (Å²) in [6.07, 6.45) is 2.60. The number of hydrogen-bond donors (Lipinski definition) is 2. The monoisotopic (exact) mass is 367 g/mol. The smallest absolute Gasteiger partial charge is 0.317 e. The Labute approximate surface area is 153 Å². The topological polar surface area (TPSA) is 55.8 Å². The number of hydrogen-bond acceptors (Lipinski definition) is 3. The number of likely N-dealkylation sites (tertiary alicyclic amines) is 2. The summed E-state index contributed by atoms with van der Waals surface area (Å²) >= 11 is 0. The number of nitrogens with one attached hydrogen (secondary N) is 1. The van der Waals surface area contributed by atoms with Gasteiger partial charge in [-0.1, -0.05) is 13.0 Å². The van der Waals surface area contributed by atoms with Crippen LogP contribution in [-0.4, -0.2) is 59.3 Å². The standard InChI is InChI=1S/C19H27F2N3O2/c1-13-7-9-24(18(13)12-25)19(26)22-14-4-3-8-23(10-14)11-15-16(20)5-2-6-17(15)21/h2,5-6,13-14,18,25H,3-4,7-12H2,1H3,(H,22,26). The van der Waals surface area contributed by atoms with Crippen LogP contribution in [0.1, 0.15) is 31.7 Å². The summed E-state index contributed by atoms with van der Waals surface area (Å²) in [6.45, 7) is 4.17. The highest BCUT2D eigenvalue weighted by Gasteiger charge is 2.35. The number of rotatable bonds is 4. The highest BCUT2D eigenvalue weighted by atomic mass is 19.1. The first kappa shape index (κ1) is 19.0. The lowest BCUT2D eigenvalue weighted by Crippen LogP contribution is -2.53. The highest BCUT2D eigenvalue weighted by molar-refractivity contribution is 5.75. The van der Waals surface area contributed by atoms with E-state index in [0.29, 0.717) is 13.1 Å². The first-order valence-electron chi connectivity index (χ1n) is 9.32. The van der Waals surface area contributed by atoms with Crippen LogP contribution in [0.25, 0.3) is 0 Å². The van der Waals surface area contributed by atoms with Gasteiger partial charge in [-0.15, -0.1) is 0 Å². The molecule has 0 spiro atoms. The molecule has 1 aromatic rings. The Morgan fingerprint density at radius 1 is 1.27 bits per heavy atom. The minimum absolute atomic E-state index is 0.0298. The van der Waals surface area contributed by atoms with E-state index in [1.165, 1.54) is 18.2 Å². The molecule has 1 aromatic carbocycles. The van der Waals surface area contributed by atoms with Crippen LogP contribution in [-0.2, 0) is 6.54 Å². The van der Waals surface area contributed by atoms with Gasteiger partial charge in [0.15, 0.2) is 0 Å². The van der Waals surface area contributed by atoms with Gasteiger partial charge in [0.25, 0.3) is 0 Å². The van der Waals surface area contributed by atoms with Gasteiger partial charge in [-0.25, -0.2) is 13.6 Å². The van der Waals surface area contributed by atoms with Gasteiger partial charge >= 0.3 is 6.03 Å². The Bertz CT molecular complexity index is 623. The summed E-state index contributed by atoms with van der Waals surface area (Å²) in [5.41, 5.74) is 0.0770. The van der Waals surface area contributed by atoms with E-state index in [2.05, 4.69) is 5.32 Å². The molecule has 3 rings (SSSR count). The van der Waals surface area contributed by atoms with Crippen molar-refractivity contribution in [3.63, 3.8) is 0 Å². The summed E-state index contributed by atoms with van der Waals surface area (Å²) in [5, 5.41) is 12.6. The van der Waals surface area contributed by atoms with Crippen molar-refractivity contribution in [3.05, 3.63) is 35.4 Å². The van der Waals surface area contributed by atoms with Crippen LogP contribution in [0.4, 0.5) is 13.6 Å². The molecule has 2 fully saturated rings. The van der Waals surface area contributed by atoms with E-state index in [1.54, 1.807) is 4.90 Å². The Kier molecular flexibility index (Phi) is 6.09. The number of urea groups is 1. The Morgan fingerprint density at radius 3 is 2.69 bits per heavy atom. The number of nitrogens with zero attached hydrogens (tertiary/aromatic N) is 2. The van der Waals surface area contributed by atoms with Gasteiger partial charge in [-0.05, 0) is 43.9 Å². The van der Waals surface area contributed by atoms with Crippen LogP contribution in [0.2, 0.25) is 0 Å². The number of piperidine rings is 1. The van der Waals surface area contributed by atoms with Gasteiger partial charge in [0.05, 0.1) is 12.6 Å². The number of amides is 2. The van der Waals surface area contributed by atoms with Crippen molar-refractivity contribution >= 4 is 6.03 Å². The number of aliphatic hydroxyl groups excluding tert-OH is 1. The average Bonchev–Trinajstić information content (AvgIpc) is 2.99. The molecule has 2 aliphatic heterocycles. The zero-order valence-corrected chi connectivity index (χ0v) is 15.1. The zero-order valence-electron chi connectivity index (χ0n) is 15.1. The maximum Gasteiger partial charge on any atom is 0.317 e. The van der Waals surface area contributed by atoms with Gasteiger partial charge in [-0.3, -0.25) is 4.90 Å². The molecule has 2 saturated heterocycles. The summed E-state index contributed by atoms with van der Waals surface area (Å²) in [5.74, 6) is -0.779. The molecular formula is C19H27F2N3O2. The third kappa shape index (κ3) is 4.15. The fourth-order valence-electron chi connectivity index (χ4n) is 4.02. The fourth-order valence-corrected chi connectivity index (χ4v) is 4.02. The Balaban J connectivity index is 1.58. The van der Waals surface area contributed by atoms with Crippen molar-refractivity contribution in [1.82, 2.24) is 15.1 Å². The summed E-state index contributed by atoms with van der Waals surface area (Å²) in [6, 6.07) is 3.55. The van der Waals surface area contributed by atoms with E-state index in [-0.39, 0.29) is 42.7 Å². The molecule has 2 heterocycles. The van der Waals surface area contributed by atoms with Crippen molar-refractivity contribution in [3.8, 4) is 0 Å². The van der Waals surface area contributed by atoms with Crippen LogP contribution < -0.4 is 5.32 Å². The van der Waals surface area contributed by atoms with Crippen LogP contribution in [0.15, 0.2) is 18.2 Å². The molecule has 0 radical (unpaired) electrons.